The molecule has 3 N–H and O–H groups in total. The molecular weight excluding hydrogens is 265 g/mol. The lowest BCUT2D eigenvalue weighted by atomic mass is 10.1. The van der Waals surface area contributed by atoms with Crippen LogP contribution in [-0.4, -0.2) is 0 Å². The van der Waals surface area contributed by atoms with Gasteiger partial charge in [-0.15, -0.1) is 0 Å². The number of aryl methyl sites for hydroxylation is 1. The number of rotatable bonds is 2. The largest absolute Gasteiger partial charge is 0.397 e. The minimum atomic E-state index is -0.575. The standard InChI is InChI=1S/C14H11ClFN3/c1-8-3-2-4-13(9(8)7-17)19-14-5-10(15)11(16)6-12(14)18/h2-6,19H,18H2,1H3. The number of halogens is 2. The van der Waals surface area contributed by atoms with Crippen LogP contribution in [-0.2, 0) is 0 Å². The molecule has 5 heteroatoms. The van der Waals surface area contributed by atoms with Gasteiger partial charge in [0.1, 0.15) is 11.9 Å². The molecule has 96 valence electrons. The summed E-state index contributed by atoms with van der Waals surface area (Å²) >= 11 is 5.72. The summed E-state index contributed by atoms with van der Waals surface area (Å²) in [6, 6.07) is 10.1. The van der Waals surface area contributed by atoms with Gasteiger partial charge in [-0.2, -0.15) is 5.26 Å². The minimum absolute atomic E-state index is 0.0251. The topological polar surface area (TPSA) is 61.8 Å². The fourth-order valence-corrected chi connectivity index (χ4v) is 1.90. The molecule has 3 nitrogen and oxygen atoms in total. The van der Waals surface area contributed by atoms with Crippen molar-refractivity contribution in [1.82, 2.24) is 0 Å². The van der Waals surface area contributed by atoms with Crippen LogP contribution in [0.1, 0.15) is 11.1 Å². The lowest BCUT2D eigenvalue weighted by Crippen LogP contribution is -2.00. The first-order valence-corrected chi connectivity index (χ1v) is 5.92. The molecule has 0 aromatic heterocycles. The van der Waals surface area contributed by atoms with Crippen molar-refractivity contribution in [2.45, 2.75) is 6.92 Å². The fraction of sp³-hybridized carbons (Fsp3) is 0.0714. The Morgan fingerprint density at radius 1 is 1.32 bits per heavy atom. The molecule has 0 spiro atoms. The Bertz CT molecular complexity index is 677. The van der Waals surface area contributed by atoms with Gasteiger partial charge in [-0.05, 0) is 24.6 Å². The Balaban J connectivity index is 2.45. The van der Waals surface area contributed by atoms with Gasteiger partial charge < -0.3 is 11.1 Å². The van der Waals surface area contributed by atoms with Crippen molar-refractivity contribution in [3.05, 3.63) is 52.3 Å². The third kappa shape index (κ3) is 2.61. The summed E-state index contributed by atoms with van der Waals surface area (Å²) in [5, 5.41) is 12.1. The van der Waals surface area contributed by atoms with Gasteiger partial charge in [0.25, 0.3) is 0 Å². The summed E-state index contributed by atoms with van der Waals surface area (Å²) in [6.07, 6.45) is 0. The van der Waals surface area contributed by atoms with Crippen LogP contribution in [0.3, 0.4) is 0 Å². The molecule has 19 heavy (non-hydrogen) atoms. The zero-order valence-corrected chi connectivity index (χ0v) is 10.9. The molecule has 0 aliphatic heterocycles. The number of nitrogens with two attached hydrogens (primary N) is 1. The van der Waals surface area contributed by atoms with Crippen molar-refractivity contribution in [2.24, 2.45) is 0 Å². The molecule has 0 amide bonds. The first-order chi connectivity index (χ1) is 9.02. The van der Waals surface area contributed by atoms with Crippen LogP contribution in [0.5, 0.6) is 0 Å². The van der Waals surface area contributed by atoms with E-state index in [-0.39, 0.29) is 10.7 Å². The lowest BCUT2D eigenvalue weighted by Gasteiger charge is -2.12. The van der Waals surface area contributed by atoms with E-state index in [1.807, 2.05) is 19.1 Å². The molecule has 0 bridgehead atoms. The van der Waals surface area contributed by atoms with Crippen molar-refractivity contribution in [2.75, 3.05) is 11.1 Å². The summed E-state index contributed by atoms with van der Waals surface area (Å²) in [7, 11) is 0. The van der Waals surface area contributed by atoms with Gasteiger partial charge in [-0.3, -0.25) is 0 Å². The number of benzene rings is 2. The highest BCUT2D eigenvalue weighted by atomic mass is 35.5. The van der Waals surface area contributed by atoms with Gasteiger partial charge in [-0.25, -0.2) is 4.39 Å². The molecule has 2 aromatic rings. The van der Waals surface area contributed by atoms with Gasteiger partial charge >= 0.3 is 0 Å². The SMILES string of the molecule is Cc1cccc(Nc2cc(Cl)c(F)cc2N)c1C#N. The summed E-state index contributed by atoms with van der Waals surface area (Å²) in [6.45, 7) is 1.84. The molecule has 0 radical (unpaired) electrons. The van der Waals surface area contributed by atoms with Gasteiger partial charge in [0, 0.05) is 6.07 Å². The van der Waals surface area contributed by atoms with E-state index in [1.165, 1.54) is 6.07 Å². The average molecular weight is 276 g/mol. The van der Waals surface area contributed by atoms with Crippen molar-refractivity contribution < 1.29 is 4.39 Å². The summed E-state index contributed by atoms with van der Waals surface area (Å²) < 4.78 is 13.2. The predicted octanol–water partition coefficient (Wildman–Crippen LogP) is 3.99. The van der Waals surface area contributed by atoms with E-state index < -0.39 is 5.82 Å². The van der Waals surface area contributed by atoms with Crippen molar-refractivity contribution in [3.8, 4) is 6.07 Å². The zero-order valence-electron chi connectivity index (χ0n) is 10.2. The fourth-order valence-electron chi connectivity index (χ4n) is 1.74. The second kappa shape index (κ2) is 5.17. The quantitative estimate of drug-likeness (QED) is 0.815. The third-order valence-corrected chi connectivity index (χ3v) is 3.04. The average Bonchev–Trinajstić information content (AvgIpc) is 2.36. The molecule has 0 heterocycles. The van der Waals surface area contributed by atoms with E-state index in [9.17, 15) is 4.39 Å². The molecule has 0 saturated carbocycles. The van der Waals surface area contributed by atoms with Crippen LogP contribution in [0, 0.1) is 24.1 Å². The number of hydrogen-bond acceptors (Lipinski definition) is 3. The van der Waals surface area contributed by atoms with Crippen molar-refractivity contribution in [1.29, 1.82) is 5.26 Å². The van der Waals surface area contributed by atoms with E-state index in [0.29, 0.717) is 16.9 Å². The molecule has 2 aromatic carbocycles. The molecule has 0 fully saturated rings. The van der Waals surface area contributed by atoms with E-state index in [4.69, 9.17) is 22.6 Å². The van der Waals surface area contributed by atoms with E-state index in [1.54, 1.807) is 6.07 Å². The van der Waals surface area contributed by atoms with Gasteiger partial charge in [0.15, 0.2) is 0 Å². The Morgan fingerprint density at radius 3 is 2.74 bits per heavy atom. The second-order valence-electron chi connectivity index (χ2n) is 4.09. The molecular formula is C14H11ClFN3. The third-order valence-electron chi connectivity index (χ3n) is 2.75. The van der Waals surface area contributed by atoms with Crippen molar-refractivity contribution in [3.63, 3.8) is 0 Å². The van der Waals surface area contributed by atoms with Gasteiger partial charge in [0.2, 0.25) is 0 Å². The Labute approximate surface area is 115 Å². The van der Waals surface area contributed by atoms with Crippen LogP contribution >= 0.6 is 11.6 Å². The number of nitrogens with one attached hydrogen (secondary N) is 1. The van der Waals surface area contributed by atoms with E-state index >= 15 is 0 Å². The highest BCUT2D eigenvalue weighted by molar-refractivity contribution is 6.31. The molecule has 2 rings (SSSR count). The maximum Gasteiger partial charge on any atom is 0.143 e. The first kappa shape index (κ1) is 13.2. The zero-order chi connectivity index (χ0) is 14.0. The monoisotopic (exact) mass is 275 g/mol. The van der Waals surface area contributed by atoms with E-state index in [0.717, 1.165) is 11.6 Å². The van der Waals surface area contributed by atoms with Gasteiger partial charge in [0.05, 0.1) is 27.6 Å². The molecule has 0 aliphatic carbocycles. The predicted molar refractivity (Wildman–Crippen MR) is 75.0 cm³/mol. The first-order valence-electron chi connectivity index (χ1n) is 5.54. The smallest absolute Gasteiger partial charge is 0.143 e. The highest BCUT2D eigenvalue weighted by Gasteiger charge is 2.09. The lowest BCUT2D eigenvalue weighted by molar-refractivity contribution is 0.629. The highest BCUT2D eigenvalue weighted by Crippen LogP contribution is 2.30. The normalized spacial score (nSPS) is 10.0. The van der Waals surface area contributed by atoms with Crippen LogP contribution in [0.25, 0.3) is 0 Å². The Morgan fingerprint density at radius 2 is 2.05 bits per heavy atom. The number of anilines is 3. The molecule has 0 atom stereocenters. The number of nitrogen functional groups attached to an aromatic ring is 1. The maximum absolute atomic E-state index is 13.2. The number of nitriles is 1. The van der Waals surface area contributed by atoms with Crippen LogP contribution in [0.15, 0.2) is 30.3 Å². The van der Waals surface area contributed by atoms with Crippen LogP contribution in [0.4, 0.5) is 21.5 Å². The second-order valence-corrected chi connectivity index (χ2v) is 4.50. The molecule has 0 saturated heterocycles. The summed E-state index contributed by atoms with van der Waals surface area (Å²) in [5.74, 6) is -0.575. The van der Waals surface area contributed by atoms with Crippen LogP contribution in [0.2, 0.25) is 5.02 Å². The van der Waals surface area contributed by atoms with Gasteiger partial charge in [-0.1, -0.05) is 23.7 Å². The minimum Gasteiger partial charge on any atom is -0.397 e. The number of hydrogen-bond donors (Lipinski definition) is 2. The molecule has 0 aliphatic rings. The van der Waals surface area contributed by atoms with Crippen LogP contribution < -0.4 is 11.1 Å². The van der Waals surface area contributed by atoms with Crippen molar-refractivity contribution >= 4 is 28.7 Å². The maximum atomic E-state index is 13.2. The molecule has 0 unspecified atom stereocenters. The Hall–Kier alpha value is -2.25. The van der Waals surface area contributed by atoms with E-state index in [2.05, 4.69) is 11.4 Å². The summed E-state index contributed by atoms with van der Waals surface area (Å²) in [5.41, 5.74) is 8.39. The summed E-state index contributed by atoms with van der Waals surface area (Å²) in [4.78, 5) is 0. The Kier molecular flexibility index (Phi) is 3.59. The number of nitrogens with zero attached hydrogens (tertiary/aromatic N) is 1.